The molecule has 0 radical (unpaired) electrons. The molecule has 0 aliphatic heterocycles. The molecular formula is C18H13ClN2O2. The molecule has 0 spiro atoms. The molecule has 1 aromatic carbocycles. The molecule has 0 bridgehead atoms. The summed E-state index contributed by atoms with van der Waals surface area (Å²) >= 11 is 5.93. The van der Waals surface area contributed by atoms with Gasteiger partial charge in [-0.2, -0.15) is 0 Å². The van der Waals surface area contributed by atoms with E-state index in [1.165, 1.54) is 0 Å². The average Bonchev–Trinajstić information content (AvgIpc) is 3.21. The van der Waals surface area contributed by atoms with Crippen LogP contribution in [0.3, 0.4) is 0 Å². The molecule has 114 valence electrons. The summed E-state index contributed by atoms with van der Waals surface area (Å²) in [5.74, 6) is 0.549. The number of hydrogen-bond donors (Lipinski definition) is 1. The van der Waals surface area contributed by atoms with E-state index in [4.69, 9.17) is 21.1 Å². The summed E-state index contributed by atoms with van der Waals surface area (Å²) in [6.07, 6.45) is 5.62. The quantitative estimate of drug-likeness (QED) is 0.607. The van der Waals surface area contributed by atoms with Crippen molar-refractivity contribution in [2.75, 3.05) is 0 Å². The number of benzene rings is 1. The lowest BCUT2D eigenvalue weighted by Gasteiger charge is -1.98. The molecule has 0 atom stereocenters. The number of fused-ring (bicyclic) bond motifs is 1. The molecular weight excluding hydrogens is 312 g/mol. The Kier molecular flexibility index (Phi) is 3.41. The summed E-state index contributed by atoms with van der Waals surface area (Å²) in [6.45, 7) is -0.103. The van der Waals surface area contributed by atoms with Gasteiger partial charge < -0.3 is 13.9 Å². The second kappa shape index (κ2) is 5.57. The van der Waals surface area contributed by atoms with E-state index in [1.807, 2.05) is 59.3 Å². The molecule has 3 aromatic heterocycles. The second-order valence-corrected chi connectivity index (χ2v) is 5.71. The number of rotatable bonds is 3. The van der Waals surface area contributed by atoms with Crippen molar-refractivity contribution in [3.8, 4) is 22.4 Å². The van der Waals surface area contributed by atoms with Gasteiger partial charge in [0.25, 0.3) is 0 Å². The summed E-state index contributed by atoms with van der Waals surface area (Å²) in [4.78, 5) is 4.63. The third-order valence-electron chi connectivity index (χ3n) is 3.73. The maximum Gasteiger partial charge on any atom is 0.137 e. The van der Waals surface area contributed by atoms with Crippen LogP contribution in [0.15, 0.2) is 65.5 Å². The smallest absolute Gasteiger partial charge is 0.137 e. The molecule has 1 N–H and O–H groups in total. The predicted molar refractivity (Wildman–Crippen MR) is 89.3 cm³/mol. The number of furan rings is 1. The summed E-state index contributed by atoms with van der Waals surface area (Å²) in [5.41, 5.74) is 4.70. The number of aliphatic hydroxyl groups is 1. The highest BCUT2D eigenvalue weighted by molar-refractivity contribution is 6.30. The van der Waals surface area contributed by atoms with E-state index in [0.717, 1.165) is 28.0 Å². The Balaban J connectivity index is 1.75. The molecule has 0 saturated carbocycles. The predicted octanol–water partition coefficient (Wildman–Crippen LogP) is 4.41. The number of hydrogen-bond acceptors (Lipinski definition) is 3. The molecule has 5 heteroatoms. The van der Waals surface area contributed by atoms with E-state index in [0.29, 0.717) is 10.8 Å². The average molecular weight is 325 g/mol. The van der Waals surface area contributed by atoms with E-state index in [9.17, 15) is 0 Å². The maximum atomic E-state index is 9.10. The van der Waals surface area contributed by atoms with Gasteiger partial charge in [-0.1, -0.05) is 23.7 Å². The Labute approximate surface area is 137 Å². The first-order valence-electron chi connectivity index (χ1n) is 7.16. The van der Waals surface area contributed by atoms with Gasteiger partial charge in [0.05, 0.1) is 12.0 Å². The van der Waals surface area contributed by atoms with Crippen LogP contribution in [0.2, 0.25) is 5.02 Å². The Morgan fingerprint density at radius 3 is 2.52 bits per heavy atom. The van der Waals surface area contributed by atoms with Crippen LogP contribution in [0.25, 0.3) is 28.0 Å². The molecule has 23 heavy (non-hydrogen) atoms. The fourth-order valence-corrected chi connectivity index (χ4v) is 2.66. The van der Waals surface area contributed by atoms with Gasteiger partial charge in [0, 0.05) is 34.1 Å². The van der Waals surface area contributed by atoms with Gasteiger partial charge in [0.15, 0.2) is 0 Å². The van der Waals surface area contributed by atoms with Crippen LogP contribution in [0.1, 0.15) is 5.76 Å². The van der Waals surface area contributed by atoms with Gasteiger partial charge in [-0.15, -0.1) is 0 Å². The van der Waals surface area contributed by atoms with Crippen LogP contribution in [0.5, 0.6) is 0 Å². The maximum absolute atomic E-state index is 9.10. The SMILES string of the molecule is OCc1cc(-c2ccc3nc(-c4ccc(Cl)cc4)cn3c2)co1. The molecule has 0 saturated heterocycles. The zero-order valence-electron chi connectivity index (χ0n) is 12.1. The van der Waals surface area contributed by atoms with Crippen LogP contribution in [-0.2, 0) is 6.61 Å². The molecule has 0 amide bonds. The van der Waals surface area contributed by atoms with E-state index in [1.54, 1.807) is 6.26 Å². The minimum absolute atomic E-state index is 0.103. The number of imidazole rings is 1. The van der Waals surface area contributed by atoms with Crippen LogP contribution in [0, 0.1) is 0 Å². The van der Waals surface area contributed by atoms with Crippen molar-refractivity contribution in [2.45, 2.75) is 6.61 Å². The first-order valence-corrected chi connectivity index (χ1v) is 7.54. The highest BCUT2D eigenvalue weighted by atomic mass is 35.5. The topological polar surface area (TPSA) is 50.7 Å². The van der Waals surface area contributed by atoms with Crippen LogP contribution in [0.4, 0.5) is 0 Å². The number of aromatic nitrogens is 2. The fourth-order valence-electron chi connectivity index (χ4n) is 2.54. The zero-order valence-corrected chi connectivity index (χ0v) is 12.9. The van der Waals surface area contributed by atoms with E-state index in [-0.39, 0.29) is 6.61 Å². The van der Waals surface area contributed by atoms with Crippen molar-refractivity contribution in [2.24, 2.45) is 0 Å². The lowest BCUT2D eigenvalue weighted by Crippen LogP contribution is -1.84. The minimum atomic E-state index is -0.103. The summed E-state index contributed by atoms with van der Waals surface area (Å²) in [6, 6.07) is 13.4. The number of pyridine rings is 1. The van der Waals surface area contributed by atoms with Gasteiger partial charge in [-0.05, 0) is 30.3 Å². The Bertz CT molecular complexity index is 970. The lowest BCUT2D eigenvalue weighted by molar-refractivity contribution is 0.247. The van der Waals surface area contributed by atoms with Gasteiger partial charge in [0.1, 0.15) is 18.0 Å². The van der Waals surface area contributed by atoms with Crippen LogP contribution < -0.4 is 0 Å². The lowest BCUT2D eigenvalue weighted by atomic mass is 10.1. The number of aliphatic hydroxyl groups excluding tert-OH is 1. The van der Waals surface area contributed by atoms with Gasteiger partial charge in [0.2, 0.25) is 0 Å². The molecule has 0 aliphatic carbocycles. The first-order chi connectivity index (χ1) is 11.2. The Hall–Kier alpha value is -2.56. The van der Waals surface area contributed by atoms with E-state index < -0.39 is 0 Å². The fraction of sp³-hybridized carbons (Fsp3) is 0.0556. The van der Waals surface area contributed by atoms with Crippen molar-refractivity contribution < 1.29 is 9.52 Å². The Morgan fingerprint density at radius 2 is 1.78 bits per heavy atom. The molecule has 0 unspecified atom stereocenters. The molecule has 4 nitrogen and oxygen atoms in total. The van der Waals surface area contributed by atoms with Crippen molar-refractivity contribution in [1.82, 2.24) is 9.38 Å². The van der Waals surface area contributed by atoms with E-state index >= 15 is 0 Å². The largest absolute Gasteiger partial charge is 0.466 e. The number of nitrogens with zero attached hydrogens (tertiary/aromatic N) is 2. The molecule has 4 aromatic rings. The van der Waals surface area contributed by atoms with Crippen molar-refractivity contribution in [3.05, 3.63) is 71.9 Å². The van der Waals surface area contributed by atoms with Gasteiger partial charge in [-0.3, -0.25) is 0 Å². The van der Waals surface area contributed by atoms with Crippen molar-refractivity contribution >= 4 is 17.2 Å². The summed E-state index contributed by atoms with van der Waals surface area (Å²) in [5, 5.41) is 9.81. The van der Waals surface area contributed by atoms with Crippen molar-refractivity contribution in [1.29, 1.82) is 0 Å². The van der Waals surface area contributed by atoms with Crippen molar-refractivity contribution in [3.63, 3.8) is 0 Å². The molecule has 0 aliphatic rings. The second-order valence-electron chi connectivity index (χ2n) is 5.28. The molecule has 3 heterocycles. The number of halogens is 1. The minimum Gasteiger partial charge on any atom is -0.466 e. The monoisotopic (exact) mass is 324 g/mol. The van der Waals surface area contributed by atoms with E-state index in [2.05, 4.69) is 4.98 Å². The molecule has 4 rings (SSSR count). The van der Waals surface area contributed by atoms with Crippen LogP contribution in [-0.4, -0.2) is 14.5 Å². The third-order valence-corrected chi connectivity index (χ3v) is 3.99. The van der Waals surface area contributed by atoms with Gasteiger partial charge in [-0.25, -0.2) is 4.98 Å². The molecule has 0 fully saturated rings. The summed E-state index contributed by atoms with van der Waals surface area (Å²) in [7, 11) is 0. The third kappa shape index (κ3) is 2.63. The highest BCUT2D eigenvalue weighted by Crippen LogP contribution is 2.25. The zero-order chi connectivity index (χ0) is 15.8. The van der Waals surface area contributed by atoms with Crippen LogP contribution >= 0.6 is 11.6 Å². The first kappa shape index (κ1) is 14.1. The van der Waals surface area contributed by atoms with Gasteiger partial charge >= 0.3 is 0 Å². The standard InChI is InChI=1S/C18H13ClN2O2/c19-15-4-1-12(2-5-15)17-9-21-8-13(3-6-18(21)20-17)14-7-16(10-22)23-11-14/h1-9,11,22H,10H2. The Morgan fingerprint density at radius 1 is 1.00 bits per heavy atom. The normalized spacial score (nSPS) is 11.2. The summed E-state index contributed by atoms with van der Waals surface area (Å²) < 4.78 is 7.26. The highest BCUT2D eigenvalue weighted by Gasteiger charge is 2.08.